The lowest BCUT2D eigenvalue weighted by Crippen LogP contribution is -2.36. The lowest BCUT2D eigenvalue weighted by Gasteiger charge is -2.27. The summed E-state index contributed by atoms with van der Waals surface area (Å²) in [5.41, 5.74) is 3.23. The van der Waals surface area contributed by atoms with Gasteiger partial charge in [-0.3, -0.25) is 9.88 Å². The summed E-state index contributed by atoms with van der Waals surface area (Å²) in [6.07, 6.45) is 5.19. The molecule has 0 saturated carbocycles. The molecule has 5 rings (SSSR count). The van der Waals surface area contributed by atoms with Crippen LogP contribution in [0, 0.1) is 0 Å². The zero-order valence-electron chi connectivity index (χ0n) is 18.6. The van der Waals surface area contributed by atoms with Crippen molar-refractivity contribution in [1.82, 2.24) is 14.2 Å². The molecule has 7 nitrogen and oxygen atoms in total. The van der Waals surface area contributed by atoms with Crippen molar-refractivity contribution in [3.05, 3.63) is 58.1 Å². The van der Waals surface area contributed by atoms with Crippen LogP contribution in [0.1, 0.15) is 45.6 Å². The number of esters is 1. The third kappa shape index (κ3) is 4.19. The minimum atomic E-state index is -3.72. The van der Waals surface area contributed by atoms with Gasteiger partial charge in [0.1, 0.15) is 4.21 Å². The van der Waals surface area contributed by atoms with Crippen LogP contribution in [0.3, 0.4) is 0 Å². The predicted molar refractivity (Wildman–Crippen MR) is 128 cm³/mol. The second kappa shape index (κ2) is 9.13. The van der Waals surface area contributed by atoms with E-state index in [0.29, 0.717) is 26.1 Å². The molecule has 0 bridgehead atoms. The molecule has 1 saturated heterocycles. The number of carbonyl (C=O) groups is 1. The van der Waals surface area contributed by atoms with Crippen LogP contribution < -0.4 is 0 Å². The Morgan fingerprint density at radius 3 is 2.70 bits per heavy atom. The van der Waals surface area contributed by atoms with E-state index >= 15 is 0 Å². The van der Waals surface area contributed by atoms with E-state index in [1.807, 2.05) is 30.5 Å². The molecule has 2 aliphatic rings. The van der Waals surface area contributed by atoms with Crippen molar-refractivity contribution in [1.29, 1.82) is 0 Å². The Morgan fingerprint density at radius 1 is 1.12 bits per heavy atom. The van der Waals surface area contributed by atoms with Gasteiger partial charge in [-0.2, -0.15) is 4.31 Å². The maximum atomic E-state index is 13.5. The summed E-state index contributed by atoms with van der Waals surface area (Å²) in [5.74, 6) is -0.559. The number of nitrogens with zero attached hydrogens (tertiary/aromatic N) is 3. The Balaban J connectivity index is 1.47. The number of piperidine rings is 1. The number of rotatable bonds is 5. The predicted octanol–water partition coefficient (Wildman–Crippen LogP) is 3.82. The Labute approximate surface area is 198 Å². The SMILES string of the molecule is COC(=O)c1c(S(=O)(=O)N2CCCCC2)sc2c1CCN(Cc1ccnc3ccccc13)C2. The van der Waals surface area contributed by atoms with Crippen LogP contribution in [0.4, 0.5) is 0 Å². The number of pyridine rings is 1. The largest absolute Gasteiger partial charge is 0.465 e. The monoisotopic (exact) mass is 485 g/mol. The van der Waals surface area contributed by atoms with E-state index in [0.717, 1.165) is 53.7 Å². The Hall–Kier alpha value is -2.33. The maximum Gasteiger partial charge on any atom is 0.340 e. The first-order valence-electron chi connectivity index (χ1n) is 11.3. The number of benzene rings is 1. The molecule has 2 aliphatic heterocycles. The number of fused-ring (bicyclic) bond motifs is 2. The molecule has 0 atom stereocenters. The number of hydrogen-bond acceptors (Lipinski definition) is 7. The second-order valence-corrected chi connectivity index (χ2v) is 11.8. The summed E-state index contributed by atoms with van der Waals surface area (Å²) >= 11 is 1.24. The van der Waals surface area contributed by atoms with Crippen molar-refractivity contribution >= 4 is 38.2 Å². The van der Waals surface area contributed by atoms with Crippen molar-refractivity contribution in [3.63, 3.8) is 0 Å². The van der Waals surface area contributed by atoms with Gasteiger partial charge < -0.3 is 4.74 Å². The molecule has 0 radical (unpaired) electrons. The minimum absolute atomic E-state index is 0.150. The molecule has 1 aromatic carbocycles. The van der Waals surface area contributed by atoms with E-state index < -0.39 is 16.0 Å². The molecule has 9 heteroatoms. The summed E-state index contributed by atoms with van der Waals surface area (Å²) in [6, 6.07) is 10.1. The van der Waals surface area contributed by atoms with Crippen molar-refractivity contribution < 1.29 is 17.9 Å². The smallest absolute Gasteiger partial charge is 0.340 e. The molecule has 0 unspecified atom stereocenters. The van der Waals surface area contributed by atoms with Crippen molar-refractivity contribution in [2.45, 2.75) is 43.0 Å². The highest BCUT2D eigenvalue weighted by atomic mass is 32.2. The van der Waals surface area contributed by atoms with Gasteiger partial charge in [-0.1, -0.05) is 24.6 Å². The maximum absolute atomic E-state index is 13.5. The first kappa shape index (κ1) is 22.5. The lowest BCUT2D eigenvalue weighted by atomic mass is 10.0. The van der Waals surface area contributed by atoms with Gasteiger partial charge in [-0.25, -0.2) is 13.2 Å². The van der Waals surface area contributed by atoms with Crippen LogP contribution in [-0.2, 0) is 34.3 Å². The van der Waals surface area contributed by atoms with Gasteiger partial charge in [-0.05, 0) is 42.5 Å². The van der Waals surface area contributed by atoms with Crippen LogP contribution in [0.25, 0.3) is 10.9 Å². The number of para-hydroxylation sites is 1. The molecule has 2 aromatic heterocycles. The first-order chi connectivity index (χ1) is 16.0. The van der Waals surface area contributed by atoms with Crippen LogP contribution in [0.2, 0.25) is 0 Å². The number of sulfonamides is 1. The summed E-state index contributed by atoms with van der Waals surface area (Å²) in [6.45, 7) is 3.10. The summed E-state index contributed by atoms with van der Waals surface area (Å²) in [4.78, 5) is 20.4. The van der Waals surface area contributed by atoms with Crippen molar-refractivity contribution in [2.75, 3.05) is 26.7 Å². The fourth-order valence-electron chi connectivity index (χ4n) is 4.81. The molecule has 3 aromatic rings. The van der Waals surface area contributed by atoms with Crippen molar-refractivity contribution in [2.24, 2.45) is 0 Å². The highest BCUT2D eigenvalue weighted by molar-refractivity contribution is 7.91. The van der Waals surface area contributed by atoms with Gasteiger partial charge in [-0.15, -0.1) is 11.3 Å². The fourth-order valence-corrected chi connectivity index (χ4v) is 8.40. The van der Waals surface area contributed by atoms with E-state index in [1.165, 1.54) is 28.3 Å². The van der Waals surface area contributed by atoms with Gasteiger partial charge in [0, 0.05) is 49.2 Å². The zero-order chi connectivity index (χ0) is 23.0. The minimum Gasteiger partial charge on any atom is -0.465 e. The Morgan fingerprint density at radius 2 is 1.91 bits per heavy atom. The Kier molecular flexibility index (Phi) is 6.22. The fraction of sp³-hybridized carbons (Fsp3) is 0.417. The average molecular weight is 486 g/mol. The molecule has 174 valence electrons. The molecule has 0 amide bonds. The van der Waals surface area contributed by atoms with Crippen LogP contribution in [-0.4, -0.2) is 55.3 Å². The Bertz CT molecular complexity index is 1290. The quantitative estimate of drug-likeness (QED) is 0.511. The number of aromatic nitrogens is 1. The number of thiophene rings is 1. The average Bonchev–Trinajstić information content (AvgIpc) is 3.24. The van der Waals surface area contributed by atoms with E-state index in [4.69, 9.17) is 4.74 Å². The number of hydrogen-bond donors (Lipinski definition) is 0. The number of methoxy groups -OCH3 is 1. The van der Waals surface area contributed by atoms with Gasteiger partial charge in [0.25, 0.3) is 10.0 Å². The number of carbonyl (C=O) groups excluding carboxylic acids is 1. The van der Waals surface area contributed by atoms with Gasteiger partial charge in [0.2, 0.25) is 0 Å². The summed E-state index contributed by atoms with van der Waals surface area (Å²) < 4.78 is 33.6. The summed E-state index contributed by atoms with van der Waals surface area (Å²) in [7, 11) is -2.41. The molecule has 33 heavy (non-hydrogen) atoms. The van der Waals surface area contributed by atoms with Crippen LogP contribution >= 0.6 is 11.3 Å². The van der Waals surface area contributed by atoms with Crippen LogP contribution in [0.15, 0.2) is 40.7 Å². The normalized spacial score (nSPS) is 17.7. The van der Waals surface area contributed by atoms with E-state index in [9.17, 15) is 13.2 Å². The topological polar surface area (TPSA) is 79.8 Å². The molecule has 0 aliphatic carbocycles. The van der Waals surface area contributed by atoms with Crippen molar-refractivity contribution in [3.8, 4) is 0 Å². The molecular weight excluding hydrogens is 458 g/mol. The van der Waals surface area contributed by atoms with Gasteiger partial charge in [0.05, 0.1) is 18.2 Å². The molecule has 4 heterocycles. The highest BCUT2D eigenvalue weighted by Gasteiger charge is 2.37. The van der Waals surface area contributed by atoms with Crippen LogP contribution in [0.5, 0.6) is 0 Å². The number of ether oxygens (including phenoxy) is 1. The standard InChI is InChI=1S/C24H27N3O4S2/c1-31-23(28)22-19-10-14-26(15-17-9-11-25-20-8-4-3-7-18(17)20)16-21(19)32-24(22)33(29,30)27-12-5-2-6-13-27/h3-4,7-9,11H,2,5-6,10,12-16H2,1H3. The molecular formula is C24H27N3O4S2. The molecule has 0 N–H and O–H groups in total. The summed E-state index contributed by atoms with van der Waals surface area (Å²) in [5, 5.41) is 1.13. The van der Waals surface area contributed by atoms with E-state index in [1.54, 1.807) is 0 Å². The molecule has 1 fully saturated rings. The third-order valence-corrected chi connectivity index (χ3v) is 10.1. The van der Waals surface area contributed by atoms with E-state index in [2.05, 4.69) is 16.0 Å². The van der Waals surface area contributed by atoms with Gasteiger partial charge >= 0.3 is 5.97 Å². The third-order valence-electron chi connectivity index (χ3n) is 6.52. The lowest BCUT2D eigenvalue weighted by molar-refractivity contribution is 0.0595. The zero-order valence-corrected chi connectivity index (χ0v) is 20.3. The molecule has 0 spiro atoms. The van der Waals surface area contributed by atoms with Gasteiger partial charge in [0.15, 0.2) is 0 Å². The second-order valence-electron chi connectivity index (χ2n) is 8.57. The van der Waals surface area contributed by atoms with E-state index in [-0.39, 0.29) is 9.77 Å². The highest BCUT2D eigenvalue weighted by Crippen LogP contribution is 2.39. The first-order valence-corrected chi connectivity index (χ1v) is 13.5.